The van der Waals surface area contributed by atoms with Crippen molar-refractivity contribution >= 4 is 0 Å². The summed E-state index contributed by atoms with van der Waals surface area (Å²) in [5.41, 5.74) is 6.76. The first-order valence-electron chi connectivity index (χ1n) is 6.78. The van der Waals surface area contributed by atoms with Crippen LogP contribution in [0.5, 0.6) is 11.5 Å². The van der Waals surface area contributed by atoms with Gasteiger partial charge in [0.05, 0.1) is 7.11 Å². The third-order valence-corrected chi connectivity index (χ3v) is 3.15. The smallest absolute Gasteiger partial charge is 0.146 e. The Morgan fingerprint density at radius 2 is 2.10 bits per heavy atom. The molecular weight excluding hydrogens is 254 g/mol. The van der Waals surface area contributed by atoms with Gasteiger partial charge in [-0.25, -0.2) is 4.98 Å². The van der Waals surface area contributed by atoms with Crippen LogP contribution in [0.1, 0.15) is 18.4 Å². The average Bonchev–Trinajstić information content (AvgIpc) is 2.87. The standard InChI is InChI=1S/C15H21N3O2/c1-3-18-12(7-8-16)10-17-15(18)11-20-14-6-4-5-13(9-14)19-2/h4-6,9-10H,3,7-8,11,16H2,1-2H3. The molecule has 1 aromatic carbocycles. The first-order chi connectivity index (χ1) is 9.78. The molecule has 0 fully saturated rings. The highest BCUT2D eigenvalue weighted by Crippen LogP contribution is 2.20. The predicted octanol–water partition coefficient (Wildman–Crippen LogP) is 1.99. The van der Waals surface area contributed by atoms with Crippen molar-refractivity contribution in [1.82, 2.24) is 9.55 Å². The Kier molecular flexibility index (Phi) is 5.01. The zero-order valence-electron chi connectivity index (χ0n) is 12.0. The SMILES string of the molecule is CCn1c(CCN)cnc1COc1cccc(OC)c1. The molecule has 0 radical (unpaired) electrons. The lowest BCUT2D eigenvalue weighted by molar-refractivity contribution is 0.287. The molecule has 0 saturated carbocycles. The first kappa shape index (κ1) is 14.4. The quantitative estimate of drug-likeness (QED) is 0.839. The zero-order valence-corrected chi connectivity index (χ0v) is 12.0. The number of rotatable bonds is 7. The minimum Gasteiger partial charge on any atom is -0.497 e. The summed E-state index contributed by atoms with van der Waals surface area (Å²) in [6.45, 7) is 4.02. The lowest BCUT2D eigenvalue weighted by atomic mass is 10.3. The predicted molar refractivity (Wildman–Crippen MR) is 78.0 cm³/mol. The molecule has 5 nitrogen and oxygen atoms in total. The number of hydrogen-bond donors (Lipinski definition) is 1. The van der Waals surface area contributed by atoms with Crippen LogP contribution in [0.15, 0.2) is 30.5 Å². The van der Waals surface area contributed by atoms with Crippen molar-refractivity contribution in [2.24, 2.45) is 5.73 Å². The van der Waals surface area contributed by atoms with Crippen LogP contribution in [-0.2, 0) is 19.6 Å². The highest BCUT2D eigenvalue weighted by atomic mass is 16.5. The zero-order chi connectivity index (χ0) is 14.4. The highest BCUT2D eigenvalue weighted by molar-refractivity contribution is 5.32. The molecule has 5 heteroatoms. The molecule has 2 aromatic rings. The lowest BCUT2D eigenvalue weighted by Crippen LogP contribution is -2.12. The van der Waals surface area contributed by atoms with Gasteiger partial charge in [0.15, 0.2) is 0 Å². The number of hydrogen-bond acceptors (Lipinski definition) is 4. The molecule has 0 unspecified atom stereocenters. The number of nitrogens with two attached hydrogens (primary N) is 1. The van der Waals surface area contributed by atoms with Gasteiger partial charge in [-0.3, -0.25) is 0 Å². The fourth-order valence-electron chi connectivity index (χ4n) is 2.14. The van der Waals surface area contributed by atoms with E-state index in [1.54, 1.807) is 7.11 Å². The van der Waals surface area contributed by atoms with Crippen LogP contribution in [0.4, 0.5) is 0 Å². The Morgan fingerprint density at radius 3 is 2.80 bits per heavy atom. The number of aromatic nitrogens is 2. The normalized spacial score (nSPS) is 10.6. The number of benzene rings is 1. The maximum Gasteiger partial charge on any atom is 0.146 e. The van der Waals surface area contributed by atoms with Crippen LogP contribution in [0.3, 0.4) is 0 Å². The van der Waals surface area contributed by atoms with Crippen molar-refractivity contribution in [2.75, 3.05) is 13.7 Å². The molecule has 2 rings (SSSR count). The van der Waals surface area contributed by atoms with Gasteiger partial charge in [-0.15, -0.1) is 0 Å². The van der Waals surface area contributed by atoms with Gasteiger partial charge < -0.3 is 19.8 Å². The Balaban J connectivity index is 2.06. The van der Waals surface area contributed by atoms with Crippen LogP contribution in [0.2, 0.25) is 0 Å². The van der Waals surface area contributed by atoms with Crippen molar-refractivity contribution in [3.8, 4) is 11.5 Å². The van der Waals surface area contributed by atoms with Gasteiger partial charge in [0, 0.05) is 30.9 Å². The highest BCUT2D eigenvalue weighted by Gasteiger charge is 2.08. The second kappa shape index (κ2) is 6.96. The summed E-state index contributed by atoms with van der Waals surface area (Å²) in [6.07, 6.45) is 2.71. The topological polar surface area (TPSA) is 62.3 Å². The van der Waals surface area contributed by atoms with Crippen molar-refractivity contribution in [2.45, 2.75) is 26.5 Å². The van der Waals surface area contributed by atoms with Gasteiger partial charge in [0.25, 0.3) is 0 Å². The average molecular weight is 275 g/mol. The molecule has 0 bridgehead atoms. The van der Waals surface area contributed by atoms with E-state index in [0.717, 1.165) is 36.0 Å². The Labute approximate surface area is 119 Å². The third-order valence-electron chi connectivity index (χ3n) is 3.15. The molecule has 0 aliphatic rings. The van der Waals surface area contributed by atoms with E-state index in [1.165, 1.54) is 0 Å². The molecule has 0 aliphatic heterocycles. The van der Waals surface area contributed by atoms with E-state index in [1.807, 2.05) is 30.5 Å². The van der Waals surface area contributed by atoms with E-state index < -0.39 is 0 Å². The molecule has 1 heterocycles. The molecule has 20 heavy (non-hydrogen) atoms. The number of imidazole rings is 1. The Hall–Kier alpha value is -2.01. The van der Waals surface area contributed by atoms with Crippen molar-refractivity contribution in [1.29, 1.82) is 0 Å². The fraction of sp³-hybridized carbons (Fsp3) is 0.400. The minimum atomic E-state index is 0.436. The van der Waals surface area contributed by atoms with E-state index in [0.29, 0.717) is 13.2 Å². The summed E-state index contributed by atoms with van der Waals surface area (Å²) in [5, 5.41) is 0. The summed E-state index contributed by atoms with van der Waals surface area (Å²) < 4.78 is 13.1. The second-order valence-electron chi connectivity index (χ2n) is 4.42. The van der Waals surface area contributed by atoms with E-state index in [4.69, 9.17) is 15.2 Å². The van der Waals surface area contributed by atoms with E-state index in [2.05, 4.69) is 16.5 Å². The largest absolute Gasteiger partial charge is 0.497 e. The van der Waals surface area contributed by atoms with Gasteiger partial charge in [-0.2, -0.15) is 0 Å². The molecule has 0 aliphatic carbocycles. The van der Waals surface area contributed by atoms with Crippen LogP contribution in [-0.4, -0.2) is 23.2 Å². The summed E-state index contributed by atoms with van der Waals surface area (Å²) in [6, 6.07) is 7.56. The number of nitrogens with zero attached hydrogens (tertiary/aromatic N) is 2. The minimum absolute atomic E-state index is 0.436. The fourth-order valence-corrected chi connectivity index (χ4v) is 2.14. The van der Waals surface area contributed by atoms with E-state index >= 15 is 0 Å². The first-order valence-corrected chi connectivity index (χ1v) is 6.78. The maximum absolute atomic E-state index is 5.77. The van der Waals surface area contributed by atoms with Gasteiger partial charge in [0.2, 0.25) is 0 Å². The third kappa shape index (κ3) is 3.30. The maximum atomic E-state index is 5.77. The summed E-state index contributed by atoms with van der Waals surface area (Å²) >= 11 is 0. The summed E-state index contributed by atoms with van der Waals surface area (Å²) in [4.78, 5) is 4.41. The van der Waals surface area contributed by atoms with Crippen LogP contribution < -0.4 is 15.2 Å². The number of ether oxygens (including phenoxy) is 2. The van der Waals surface area contributed by atoms with Crippen molar-refractivity contribution in [3.63, 3.8) is 0 Å². The molecule has 108 valence electrons. The molecule has 0 atom stereocenters. The summed E-state index contributed by atoms with van der Waals surface area (Å²) in [7, 11) is 1.64. The molecule has 0 spiro atoms. The van der Waals surface area contributed by atoms with Gasteiger partial charge >= 0.3 is 0 Å². The molecular formula is C15H21N3O2. The van der Waals surface area contributed by atoms with Gasteiger partial charge in [-0.1, -0.05) is 6.07 Å². The van der Waals surface area contributed by atoms with Crippen LogP contribution >= 0.6 is 0 Å². The molecule has 1 aromatic heterocycles. The van der Waals surface area contributed by atoms with E-state index in [9.17, 15) is 0 Å². The number of methoxy groups -OCH3 is 1. The van der Waals surface area contributed by atoms with Crippen LogP contribution in [0, 0.1) is 0 Å². The monoisotopic (exact) mass is 275 g/mol. The van der Waals surface area contributed by atoms with Crippen molar-refractivity contribution in [3.05, 3.63) is 42.0 Å². The molecule has 2 N–H and O–H groups in total. The lowest BCUT2D eigenvalue weighted by Gasteiger charge is -2.10. The van der Waals surface area contributed by atoms with Crippen LogP contribution in [0.25, 0.3) is 0 Å². The van der Waals surface area contributed by atoms with E-state index in [-0.39, 0.29) is 0 Å². The molecule has 0 saturated heterocycles. The Bertz CT molecular complexity index is 552. The summed E-state index contributed by atoms with van der Waals surface area (Å²) in [5.74, 6) is 2.47. The Morgan fingerprint density at radius 1 is 1.30 bits per heavy atom. The van der Waals surface area contributed by atoms with Crippen molar-refractivity contribution < 1.29 is 9.47 Å². The van der Waals surface area contributed by atoms with Gasteiger partial charge in [-0.05, 0) is 25.6 Å². The van der Waals surface area contributed by atoms with Gasteiger partial charge in [0.1, 0.15) is 23.9 Å². The molecule has 0 amide bonds. The second-order valence-corrected chi connectivity index (χ2v) is 4.42.